The summed E-state index contributed by atoms with van der Waals surface area (Å²) in [6.07, 6.45) is 2.57. The molecule has 170 valence electrons. The fourth-order valence-corrected chi connectivity index (χ4v) is 5.46. The van der Waals surface area contributed by atoms with E-state index >= 15 is 0 Å². The molecule has 2 aromatic carbocycles. The van der Waals surface area contributed by atoms with Crippen LogP contribution in [0.25, 0.3) is 0 Å². The summed E-state index contributed by atoms with van der Waals surface area (Å²) < 4.78 is 40.6. The predicted molar refractivity (Wildman–Crippen MR) is 118 cm³/mol. The number of benzene rings is 2. The average molecular weight is 480 g/mol. The highest BCUT2D eigenvalue weighted by atomic mass is 35.5. The summed E-state index contributed by atoms with van der Waals surface area (Å²) in [6.45, 7) is 0.242. The number of hydrogen-bond acceptors (Lipinski definition) is 4. The number of sulfonamides is 1. The molecule has 2 fully saturated rings. The molecular weight excluding hydrogens is 457 g/mol. The van der Waals surface area contributed by atoms with Crippen molar-refractivity contribution in [1.82, 2.24) is 9.62 Å². The molecule has 0 bridgehead atoms. The number of hydrogen-bond donors (Lipinski definition) is 2. The maximum absolute atomic E-state index is 14.0. The molecule has 2 aromatic rings. The average Bonchev–Trinajstić information content (AvgIpc) is 3.58. The van der Waals surface area contributed by atoms with Crippen LogP contribution in [0.4, 0.5) is 10.1 Å². The number of carbonyl (C=O) groups is 2. The molecule has 0 aromatic heterocycles. The lowest BCUT2D eigenvalue weighted by Crippen LogP contribution is -2.41. The third-order valence-electron chi connectivity index (χ3n) is 5.67. The second-order valence-electron chi connectivity index (χ2n) is 8.04. The van der Waals surface area contributed by atoms with Gasteiger partial charge in [0.25, 0.3) is 5.91 Å². The van der Waals surface area contributed by atoms with Crippen LogP contribution in [-0.4, -0.2) is 43.7 Å². The molecular formula is C22H23ClFN3O4S. The molecule has 1 aliphatic heterocycles. The van der Waals surface area contributed by atoms with E-state index in [-0.39, 0.29) is 40.9 Å². The third kappa shape index (κ3) is 4.95. The lowest BCUT2D eigenvalue weighted by atomic mass is 9.97. The number of nitrogens with zero attached hydrogens (tertiary/aromatic N) is 1. The maximum atomic E-state index is 14.0. The van der Waals surface area contributed by atoms with Crippen LogP contribution >= 0.6 is 11.6 Å². The summed E-state index contributed by atoms with van der Waals surface area (Å²) in [5.41, 5.74) is 0.813. The number of nitrogens with one attached hydrogen (secondary N) is 2. The van der Waals surface area contributed by atoms with E-state index in [4.69, 9.17) is 11.6 Å². The van der Waals surface area contributed by atoms with Gasteiger partial charge in [-0.2, -0.15) is 4.31 Å². The van der Waals surface area contributed by atoms with Gasteiger partial charge >= 0.3 is 0 Å². The fraction of sp³-hybridized carbons (Fsp3) is 0.364. The highest BCUT2D eigenvalue weighted by Crippen LogP contribution is 2.28. The quantitative estimate of drug-likeness (QED) is 0.663. The normalized spacial score (nSPS) is 17.7. The van der Waals surface area contributed by atoms with Gasteiger partial charge in [-0.15, -0.1) is 0 Å². The Morgan fingerprint density at radius 2 is 1.72 bits per heavy atom. The molecule has 1 saturated carbocycles. The van der Waals surface area contributed by atoms with Crippen molar-refractivity contribution in [3.63, 3.8) is 0 Å². The van der Waals surface area contributed by atoms with E-state index in [2.05, 4.69) is 10.6 Å². The van der Waals surface area contributed by atoms with Gasteiger partial charge in [-0.1, -0.05) is 23.7 Å². The Hall–Kier alpha value is -2.49. The van der Waals surface area contributed by atoms with Crippen LogP contribution in [0.15, 0.2) is 47.4 Å². The molecule has 32 heavy (non-hydrogen) atoms. The SMILES string of the molecule is O=C(NC1CC1)c1ccc(NC(=O)C2CCN(S(=O)(=O)c3ccccc3F)CC2)cc1Cl. The predicted octanol–water partition coefficient (Wildman–Crippen LogP) is 3.41. The van der Waals surface area contributed by atoms with Gasteiger partial charge in [0.2, 0.25) is 15.9 Å². The number of amides is 2. The number of halogens is 2. The van der Waals surface area contributed by atoms with Gasteiger partial charge in [0.15, 0.2) is 0 Å². The van der Waals surface area contributed by atoms with Crippen molar-refractivity contribution >= 4 is 39.1 Å². The molecule has 0 spiro atoms. The van der Waals surface area contributed by atoms with Crippen molar-refractivity contribution in [3.8, 4) is 0 Å². The summed E-state index contributed by atoms with van der Waals surface area (Å²) in [5.74, 6) is -1.67. The largest absolute Gasteiger partial charge is 0.349 e. The van der Waals surface area contributed by atoms with Gasteiger partial charge in [0, 0.05) is 30.7 Å². The van der Waals surface area contributed by atoms with E-state index in [9.17, 15) is 22.4 Å². The Labute approximate surface area is 191 Å². The van der Waals surface area contributed by atoms with Gasteiger partial charge in [0.1, 0.15) is 10.7 Å². The van der Waals surface area contributed by atoms with Gasteiger partial charge in [-0.25, -0.2) is 12.8 Å². The number of carbonyl (C=O) groups excluding carboxylic acids is 2. The lowest BCUT2D eigenvalue weighted by molar-refractivity contribution is -0.120. The van der Waals surface area contributed by atoms with Crippen LogP contribution in [-0.2, 0) is 14.8 Å². The Balaban J connectivity index is 1.35. The molecule has 2 N–H and O–H groups in total. The van der Waals surface area contributed by atoms with Crippen molar-refractivity contribution < 1.29 is 22.4 Å². The van der Waals surface area contributed by atoms with Crippen LogP contribution in [0.5, 0.6) is 0 Å². The van der Waals surface area contributed by atoms with Crippen molar-refractivity contribution in [2.75, 3.05) is 18.4 Å². The van der Waals surface area contributed by atoms with Gasteiger partial charge in [-0.05, 0) is 56.0 Å². The van der Waals surface area contributed by atoms with Crippen molar-refractivity contribution in [3.05, 3.63) is 58.9 Å². The van der Waals surface area contributed by atoms with Crippen LogP contribution in [0.2, 0.25) is 5.02 Å². The highest BCUT2D eigenvalue weighted by Gasteiger charge is 2.33. The molecule has 0 atom stereocenters. The molecule has 4 rings (SSSR count). The zero-order valence-electron chi connectivity index (χ0n) is 17.2. The standard InChI is InChI=1S/C22H23ClFN3O4S/c23-18-13-16(7-8-17(18)22(29)25-15-5-6-15)26-21(28)14-9-11-27(12-10-14)32(30,31)20-4-2-1-3-19(20)24/h1-4,7-8,13-15H,5-6,9-12H2,(H,25,29)(H,26,28). The Bertz CT molecular complexity index is 1150. The number of anilines is 1. The lowest BCUT2D eigenvalue weighted by Gasteiger charge is -2.30. The summed E-state index contributed by atoms with van der Waals surface area (Å²) in [4.78, 5) is 24.5. The monoisotopic (exact) mass is 479 g/mol. The summed E-state index contributed by atoms with van der Waals surface area (Å²) in [6, 6.07) is 10.2. The molecule has 7 nitrogen and oxygen atoms in total. The molecule has 0 unspecified atom stereocenters. The van der Waals surface area contributed by atoms with E-state index in [1.54, 1.807) is 12.1 Å². The minimum Gasteiger partial charge on any atom is -0.349 e. The minimum atomic E-state index is -3.95. The van der Waals surface area contributed by atoms with E-state index in [1.807, 2.05) is 0 Å². The molecule has 1 saturated heterocycles. The summed E-state index contributed by atoms with van der Waals surface area (Å²) in [7, 11) is -3.95. The first-order chi connectivity index (χ1) is 15.3. The first-order valence-electron chi connectivity index (χ1n) is 10.4. The first kappa shape index (κ1) is 22.7. The zero-order valence-corrected chi connectivity index (χ0v) is 18.8. The van der Waals surface area contributed by atoms with Crippen LogP contribution in [0.1, 0.15) is 36.0 Å². The number of piperidine rings is 1. The molecule has 0 radical (unpaired) electrons. The van der Waals surface area contributed by atoms with Gasteiger partial charge in [0.05, 0.1) is 10.6 Å². The van der Waals surface area contributed by atoms with E-state index in [0.29, 0.717) is 24.1 Å². The van der Waals surface area contributed by atoms with Crippen LogP contribution in [0, 0.1) is 11.7 Å². The second kappa shape index (κ2) is 9.17. The Kier molecular flexibility index (Phi) is 6.50. The summed E-state index contributed by atoms with van der Waals surface area (Å²) >= 11 is 6.22. The fourth-order valence-electron chi connectivity index (χ4n) is 3.66. The first-order valence-corrected chi connectivity index (χ1v) is 12.2. The second-order valence-corrected chi connectivity index (χ2v) is 10.4. The summed E-state index contributed by atoms with van der Waals surface area (Å²) in [5, 5.41) is 5.89. The van der Waals surface area contributed by atoms with E-state index in [0.717, 1.165) is 18.9 Å². The highest BCUT2D eigenvalue weighted by molar-refractivity contribution is 7.89. The van der Waals surface area contributed by atoms with Crippen molar-refractivity contribution in [2.24, 2.45) is 5.92 Å². The Morgan fingerprint density at radius 3 is 2.34 bits per heavy atom. The molecule has 2 amide bonds. The van der Waals surface area contributed by atoms with Crippen molar-refractivity contribution in [2.45, 2.75) is 36.6 Å². The third-order valence-corrected chi connectivity index (χ3v) is 7.92. The van der Waals surface area contributed by atoms with Crippen LogP contribution < -0.4 is 10.6 Å². The van der Waals surface area contributed by atoms with Gasteiger partial charge < -0.3 is 10.6 Å². The maximum Gasteiger partial charge on any atom is 0.253 e. The van der Waals surface area contributed by atoms with Crippen molar-refractivity contribution in [1.29, 1.82) is 0 Å². The Morgan fingerprint density at radius 1 is 1.03 bits per heavy atom. The molecule has 1 aliphatic carbocycles. The smallest absolute Gasteiger partial charge is 0.253 e. The molecule has 10 heteroatoms. The topological polar surface area (TPSA) is 95.6 Å². The minimum absolute atomic E-state index is 0.121. The van der Waals surface area contributed by atoms with E-state index < -0.39 is 21.8 Å². The molecule has 1 heterocycles. The van der Waals surface area contributed by atoms with Crippen LogP contribution in [0.3, 0.4) is 0 Å². The zero-order chi connectivity index (χ0) is 22.9. The molecule has 2 aliphatic rings. The van der Waals surface area contributed by atoms with Gasteiger partial charge in [-0.3, -0.25) is 9.59 Å². The van der Waals surface area contributed by atoms with E-state index in [1.165, 1.54) is 28.6 Å². The number of rotatable bonds is 6.